The highest BCUT2D eigenvalue weighted by atomic mass is 32.2. The number of amides is 1. The predicted octanol–water partition coefficient (Wildman–Crippen LogP) is 2.61. The third-order valence-corrected chi connectivity index (χ3v) is 4.98. The maximum absolute atomic E-state index is 13.3. The van der Waals surface area contributed by atoms with Crippen LogP contribution in [0.1, 0.15) is 21.5 Å². The lowest BCUT2D eigenvalue weighted by Gasteiger charge is -2.35. The van der Waals surface area contributed by atoms with E-state index in [1.54, 1.807) is 12.4 Å². The highest BCUT2D eigenvalue weighted by Gasteiger charge is 2.35. The van der Waals surface area contributed by atoms with Gasteiger partial charge in [0.25, 0.3) is 17.2 Å². The van der Waals surface area contributed by atoms with Crippen LogP contribution in [-0.4, -0.2) is 55.6 Å². The summed E-state index contributed by atoms with van der Waals surface area (Å²) in [5, 5.41) is 0. The Morgan fingerprint density at radius 2 is 1.79 bits per heavy atom. The first kappa shape index (κ1) is 21.2. The van der Waals surface area contributed by atoms with Gasteiger partial charge in [0.1, 0.15) is 0 Å². The number of nitrogens with zero attached hydrogens (tertiary/aromatic N) is 3. The molecule has 1 aliphatic rings. The fourth-order valence-electron chi connectivity index (χ4n) is 3.13. The van der Waals surface area contributed by atoms with Crippen LogP contribution in [0.3, 0.4) is 0 Å². The second kappa shape index (κ2) is 8.89. The topological polar surface area (TPSA) is 85.8 Å². The van der Waals surface area contributed by atoms with Crippen molar-refractivity contribution in [3.63, 3.8) is 0 Å². The minimum atomic E-state index is -4.78. The van der Waals surface area contributed by atoms with Crippen molar-refractivity contribution >= 4 is 22.9 Å². The molecule has 11 heteroatoms. The van der Waals surface area contributed by atoms with E-state index in [4.69, 9.17) is 4.55 Å². The highest BCUT2D eigenvalue weighted by molar-refractivity contribution is 7.80. The van der Waals surface area contributed by atoms with Crippen LogP contribution < -0.4 is 4.72 Å². The van der Waals surface area contributed by atoms with Crippen molar-refractivity contribution in [3.8, 4) is 0 Å². The van der Waals surface area contributed by atoms with Crippen molar-refractivity contribution in [2.45, 2.75) is 12.7 Å². The molecule has 1 aromatic carbocycles. The molecule has 1 atom stereocenters. The summed E-state index contributed by atoms with van der Waals surface area (Å²) in [6.07, 6.45) is -1.36. The van der Waals surface area contributed by atoms with Gasteiger partial charge in [0.15, 0.2) is 0 Å². The molecule has 2 aromatic rings. The summed E-state index contributed by atoms with van der Waals surface area (Å²) in [4.78, 5) is 20.3. The SMILES string of the molecule is O=C(c1ccc(NS(=O)O)c(C(F)(F)F)c1)N1CCN(Cc2ccncc2)CC1. The molecule has 0 aliphatic carbocycles. The fourth-order valence-corrected chi connectivity index (χ4v) is 3.50. The molecule has 1 unspecified atom stereocenters. The molecular weight excluding hydrogens is 409 g/mol. The van der Waals surface area contributed by atoms with Crippen LogP contribution in [0.25, 0.3) is 0 Å². The van der Waals surface area contributed by atoms with Crippen LogP contribution in [0, 0.1) is 0 Å². The van der Waals surface area contributed by atoms with E-state index < -0.39 is 34.6 Å². The molecule has 2 N–H and O–H groups in total. The van der Waals surface area contributed by atoms with Crippen molar-refractivity contribution in [1.29, 1.82) is 0 Å². The molecule has 1 aromatic heterocycles. The molecule has 2 heterocycles. The minimum Gasteiger partial charge on any atom is -0.336 e. The molecule has 0 radical (unpaired) electrons. The standard InChI is InChI=1S/C18H19F3N4O3S/c19-18(20,21)15-11-14(1-2-16(15)23-29(27)28)17(26)25-9-7-24(8-10-25)12-13-3-5-22-6-4-13/h1-6,11,23H,7-10,12H2,(H,27,28). The summed E-state index contributed by atoms with van der Waals surface area (Å²) in [6.45, 7) is 2.70. The van der Waals surface area contributed by atoms with Gasteiger partial charge in [-0.3, -0.25) is 24.0 Å². The van der Waals surface area contributed by atoms with Gasteiger partial charge >= 0.3 is 6.18 Å². The Labute approximate surface area is 167 Å². The van der Waals surface area contributed by atoms with E-state index in [-0.39, 0.29) is 5.56 Å². The first-order chi connectivity index (χ1) is 13.7. The molecule has 1 fully saturated rings. The van der Waals surface area contributed by atoms with Crippen molar-refractivity contribution in [3.05, 3.63) is 59.4 Å². The number of benzene rings is 1. The summed E-state index contributed by atoms with van der Waals surface area (Å²) in [6, 6.07) is 6.73. The first-order valence-corrected chi connectivity index (χ1v) is 9.84. The number of carbonyl (C=O) groups excluding carboxylic acids is 1. The monoisotopic (exact) mass is 428 g/mol. The molecule has 29 heavy (non-hydrogen) atoms. The van der Waals surface area contributed by atoms with Crippen LogP contribution in [0.4, 0.5) is 18.9 Å². The Hall–Kier alpha value is -2.50. The molecule has 1 saturated heterocycles. The first-order valence-electron chi connectivity index (χ1n) is 8.73. The van der Waals surface area contributed by atoms with Gasteiger partial charge in [0, 0.05) is 50.7 Å². The number of pyridine rings is 1. The average Bonchev–Trinajstić information content (AvgIpc) is 2.68. The third-order valence-electron chi connectivity index (χ3n) is 4.58. The fraction of sp³-hybridized carbons (Fsp3) is 0.333. The number of hydrogen-bond donors (Lipinski definition) is 2. The predicted molar refractivity (Wildman–Crippen MR) is 101 cm³/mol. The zero-order valence-electron chi connectivity index (χ0n) is 15.2. The lowest BCUT2D eigenvalue weighted by atomic mass is 10.1. The summed E-state index contributed by atoms with van der Waals surface area (Å²) >= 11 is -2.66. The lowest BCUT2D eigenvalue weighted by Crippen LogP contribution is -2.48. The van der Waals surface area contributed by atoms with Crippen LogP contribution in [0.15, 0.2) is 42.7 Å². The quantitative estimate of drug-likeness (QED) is 0.715. The van der Waals surface area contributed by atoms with Gasteiger partial charge in [0.05, 0.1) is 11.3 Å². The van der Waals surface area contributed by atoms with Gasteiger partial charge in [-0.2, -0.15) is 13.2 Å². The smallest absolute Gasteiger partial charge is 0.336 e. The summed E-state index contributed by atoms with van der Waals surface area (Å²) in [7, 11) is 0. The van der Waals surface area contributed by atoms with Crippen LogP contribution in [0.2, 0.25) is 0 Å². The molecule has 1 aliphatic heterocycles. The number of hydrogen-bond acceptors (Lipinski definition) is 4. The normalized spacial score (nSPS) is 16.5. The zero-order valence-corrected chi connectivity index (χ0v) is 16.0. The second-order valence-corrected chi connectivity index (χ2v) is 7.24. The van der Waals surface area contributed by atoms with E-state index in [9.17, 15) is 22.2 Å². The lowest BCUT2D eigenvalue weighted by molar-refractivity contribution is -0.136. The zero-order chi connectivity index (χ0) is 21.0. The Balaban J connectivity index is 1.68. The number of piperazine rings is 1. The van der Waals surface area contributed by atoms with Gasteiger partial charge in [-0.1, -0.05) is 0 Å². The number of carbonyl (C=O) groups is 1. The number of nitrogens with one attached hydrogen (secondary N) is 1. The van der Waals surface area contributed by atoms with E-state index >= 15 is 0 Å². The number of halogens is 3. The van der Waals surface area contributed by atoms with Crippen molar-refractivity contribution in [1.82, 2.24) is 14.8 Å². The van der Waals surface area contributed by atoms with Crippen molar-refractivity contribution in [2.24, 2.45) is 0 Å². The molecule has 7 nitrogen and oxygen atoms in total. The van der Waals surface area contributed by atoms with Crippen LogP contribution in [0.5, 0.6) is 0 Å². The van der Waals surface area contributed by atoms with Gasteiger partial charge in [0.2, 0.25) is 0 Å². The number of anilines is 1. The Bertz CT molecular complexity index is 888. The van der Waals surface area contributed by atoms with Crippen molar-refractivity contribution in [2.75, 3.05) is 30.9 Å². The van der Waals surface area contributed by atoms with Gasteiger partial charge < -0.3 is 4.90 Å². The largest absolute Gasteiger partial charge is 0.418 e. The maximum atomic E-state index is 13.3. The Morgan fingerprint density at radius 3 is 2.38 bits per heavy atom. The van der Waals surface area contributed by atoms with E-state index in [0.29, 0.717) is 38.8 Å². The highest BCUT2D eigenvalue weighted by Crippen LogP contribution is 2.36. The number of alkyl halides is 3. The summed E-state index contributed by atoms with van der Waals surface area (Å²) < 4.78 is 61.3. The van der Waals surface area contributed by atoms with Gasteiger partial charge in [-0.15, -0.1) is 0 Å². The Morgan fingerprint density at radius 1 is 1.14 bits per heavy atom. The molecule has 0 bridgehead atoms. The summed E-state index contributed by atoms with van der Waals surface area (Å²) in [5.74, 6) is -0.504. The van der Waals surface area contributed by atoms with E-state index in [1.807, 2.05) is 16.9 Å². The molecule has 0 saturated carbocycles. The molecule has 1 amide bonds. The van der Waals surface area contributed by atoms with Gasteiger partial charge in [-0.25, -0.2) is 4.21 Å². The number of aromatic nitrogens is 1. The third kappa shape index (κ3) is 5.52. The second-order valence-electron chi connectivity index (χ2n) is 6.53. The minimum absolute atomic E-state index is 0.116. The van der Waals surface area contributed by atoms with E-state index in [1.165, 1.54) is 11.0 Å². The van der Waals surface area contributed by atoms with Crippen molar-refractivity contribution < 1.29 is 26.7 Å². The molecular formula is C18H19F3N4O3S. The van der Waals surface area contributed by atoms with E-state index in [2.05, 4.69) is 9.88 Å². The van der Waals surface area contributed by atoms with Crippen LogP contribution in [-0.2, 0) is 24.0 Å². The molecule has 0 spiro atoms. The maximum Gasteiger partial charge on any atom is 0.418 e. The van der Waals surface area contributed by atoms with Gasteiger partial charge in [-0.05, 0) is 35.9 Å². The molecule has 156 valence electrons. The summed E-state index contributed by atoms with van der Waals surface area (Å²) in [5.41, 5.74) is -0.743. The molecule has 3 rings (SSSR count). The number of rotatable bonds is 5. The van der Waals surface area contributed by atoms with E-state index in [0.717, 1.165) is 11.6 Å². The van der Waals surface area contributed by atoms with Crippen LogP contribution >= 0.6 is 0 Å². The Kier molecular flexibility index (Phi) is 6.50. The average molecular weight is 428 g/mol.